The van der Waals surface area contributed by atoms with Crippen molar-refractivity contribution < 1.29 is 9.53 Å². The van der Waals surface area contributed by atoms with Gasteiger partial charge in [0.15, 0.2) is 6.61 Å². The standard InChI is InChI=1S/C22H19BrN2O2/c23-19-7-4-8-20(13-19)24-14-18-9-11-21(12-10-18)27-16-22(26)25-15-17-5-2-1-3-6-17/h1-14H,15-16H2,(H,25,26). The van der Waals surface area contributed by atoms with E-state index in [2.05, 4.69) is 26.2 Å². The summed E-state index contributed by atoms with van der Waals surface area (Å²) in [5, 5.41) is 2.83. The van der Waals surface area contributed by atoms with Crippen molar-refractivity contribution in [3.8, 4) is 5.75 Å². The molecule has 4 nitrogen and oxygen atoms in total. The summed E-state index contributed by atoms with van der Waals surface area (Å²) >= 11 is 3.43. The molecule has 0 saturated heterocycles. The molecule has 3 aromatic rings. The van der Waals surface area contributed by atoms with Crippen molar-refractivity contribution in [1.29, 1.82) is 0 Å². The van der Waals surface area contributed by atoms with Crippen molar-refractivity contribution in [3.05, 3.63) is 94.5 Å². The number of aliphatic imine (C=N–C) groups is 1. The van der Waals surface area contributed by atoms with Gasteiger partial charge in [-0.2, -0.15) is 0 Å². The zero-order valence-corrected chi connectivity index (χ0v) is 16.2. The minimum Gasteiger partial charge on any atom is -0.484 e. The maximum absolute atomic E-state index is 11.9. The van der Waals surface area contributed by atoms with Gasteiger partial charge in [-0.15, -0.1) is 0 Å². The Balaban J connectivity index is 1.46. The van der Waals surface area contributed by atoms with Crippen LogP contribution in [0.1, 0.15) is 11.1 Å². The van der Waals surface area contributed by atoms with Gasteiger partial charge in [0.2, 0.25) is 0 Å². The number of rotatable bonds is 7. The molecule has 1 amide bonds. The molecule has 5 heteroatoms. The number of ether oxygens (including phenoxy) is 1. The molecule has 0 fully saturated rings. The molecule has 0 unspecified atom stereocenters. The van der Waals surface area contributed by atoms with E-state index in [0.717, 1.165) is 21.3 Å². The van der Waals surface area contributed by atoms with Crippen LogP contribution in [-0.2, 0) is 11.3 Å². The first-order valence-corrected chi connectivity index (χ1v) is 9.31. The summed E-state index contributed by atoms with van der Waals surface area (Å²) in [4.78, 5) is 16.3. The van der Waals surface area contributed by atoms with Gasteiger partial charge in [-0.25, -0.2) is 0 Å². The molecule has 0 atom stereocenters. The molecular weight excluding hydrogens is 404 g/mol. The predicted octanol–water partition coefficient (Wildman–Crippen LogP) is 4.89. The zero-order chi connectivity index (χ0) is 18.9. The molecule has 1 N–H and O–H groups in total. The third kappa shape index (κ3) is 6.38. The molecule has 0 aliphatic heterocycles. The quantitative estimate of drug-likeness (QED) is 0.550. The summed E-state index contributed by atoms with van der Waals surface area (Å²) in [6.07, 6.45) is 1.79. The molecule has 0 bridgehead atoms. The molecule has 0 saturated carbocycles. The minimum absolute atomic E-state index is 0.0156. The van der Waals surface area contributed by atoms with Gasteiger partial charge >= 0.3 is 0 Å². The first kappa shape index (κ1) is 18.9. The third-order valence-electron chi connectivity index (χ3n) is 3.75. The Hall–Kier alpha value is -2.92. The molecule has 3 rings (SSSR count). The summed E-state index contributed by atoms with van der Waals surface area (Å²) in [5.74, 6) is 0.489. The molecule has 0 spiro atoms. The largest absolute Gasteiger partial charge is 0.484 e. The average Bonchev–Trinajstić information content (AvgIpc) is 2.71. The fraction of sp³-hybridized carbons (Fsp3) is 0.0909. The number of carbonyl (C=O) groups is 1. The van der Waals surface area contributed by atoms with Crippen LogP contribution in [0.3, 0.4) is 0 Å². The molecule has 0 aliphatic rings. The maximum Gasteiger partial charge on any atom is 0.258 e. The number of hydrogen-bond acceptors (Lipinski definition) is 3. The lowest BCUT2D eigenvalue weighted by Gasteiger charge is -2.08. The number of halogens is 1. The highest BCUT2D eigenvalue weighted by molar-refractivity contribution is 9.10. The van der Waals surface area contributed by atoms with Crippen LogP contribution in [0, 0.1) is 0 Å². The summed E-state index contributed by atoms with van der Waals surface area (Å²) in [5.41, 5.74) is 2.88. The van der Waals surface area contributed by atoms with E-state index in [9.17, 15) is 4.79 Å². The van der Waals surface area contributed by atoms with Gasteiger partial charge in [0.05, 0.1) is 5.69 Å². The topological polar surface area (TPSA) is 50.7 Å². The van der Waals surface area contributed by atoms with Gasteiger partial charge in [0, 0.05) is 17.2 Å². The second-order valence-electron chi connectivity index (χ2n) is 5.86. The number of nitrogens with zero attached hydrogens (tertiary/aromatic N) is 1. The second-order valence-corrected chi connectivity index (χ2v) is 6.77. The first-order valence-electron chi connectivity index (χ1n) is 8.52. The van der Waals surface area contributed by atoms with Crippen LogP contribution in [0.4, 0.5) is 5.69 Å². The Morgan fingerprint density at radius 2 is 1.78 bits per heavy atom. The summed E-state index contributed by atoms with van der Waals surface area (Å²) < 4.78 is 6.52. The number of nitrogens with one attached hydrogen (secondary N) is 1. The Kier molecular flexibility index (Phi) is 6.77. The molecule has 136 valence electrons. The summed E-state index contributed by atoms with van der Waals surface area (Å²) in [7, 11) is 0. The lowest BCUT2D eigenvalue weighted by atomic mass is 10.2. The molecule has 0 aromatic heterocycles. The lowest BCUT2D eigenvalue weighted by Crippen LogP contribution is -2.28. The number of amides is 1. The van der Waals surface area contributed by atoms with E-state index in [1.54, 1.807) is 6.21 Å². The molecular formula is C22H19BrN2O2. The highest BCUT2D eigenvalue weighted by Gasteiger charge is 2.03. The van der Waals surface area contributed by atoms with Gasteiger partial charge in [0.1, 0.15) is 5.75 Å². The predicted molar refractivity (Wildman–Crippen MR) is 112 cm³/mol. The normalized spacial score (nSPS) is 10.7. The van der Waals surface area contributed by atoms with Gasteiger partial charge in [0.25, 0.3) is 5.91 Å². The van der Waals surface area contributed by atoms with Crippen LogP contribution >= 0.6 is 15.9 Å². The van der Waals surface area contributed by atoms with E-state index >= 15 is 0 Å². The maximum atomic E-state index is 11.9. The molecule has 27 heavy (non-hydrogen) atoms. The Labute approximate surface area is 167 Å². The third-order valence-corrected chi connectivity index (χ3v) is 4.25. The van der Waals surface area contributed by atoms with E-state index < -0.39 is 0 Å². The van der Waals surface area contributed by atoms with Gasteiger partial charge in [-0.05, 0) is 53.6 Å². The van der Waals surface area contributed by atoms with Crippen LogP contribution in [0.5, 0.6) is 5.75 Å². The first-order chi connectivity index (χ1) is 13.2. The zero-order valence-electron chi connectivity index (χ0n) is 14.6. The van der Waals surface area contributed by atoms with Crippen LogP contribution in [-0.4, -0.2) is 18.7 Å². The van der Waals surface area contributed by atoms with Crippen molar-refractivity contribution in [1.82, 2.24) is 5.32 Å². The van der Waals surface area contributed by atoms with Crippen molar-refractivity contribution in [2.24, 2.45) is 4.99 Å². The van der Waals surface area contributed by atoms with Crippen LogP contribution in [0.2, 0.25) is 0 Å². The Morgan fingerprint density at radius 3 is 2.52 bits per heavy atom. The van der Waals surface area contributed by atoms with Crippen LogP contribution < -0.4 is 10.1 Å². The van der Waals surface area contributed by atoms with Gasteiger partial charge < -0.3 is 10.1 Å². The van der Waals surface area contributed by atoms with E-state index in [4.69, 9.17) is 4.74 Å². The fourth-order valence-corrected chi connectivity index (χ4v) is 2.74. The van der Waals surface area contributed by atoms with Crippen LogP contribution in [0.15, 0.2) is 88.3 Å². The van der Waals surface area contributed by atoms with Crippen molar-refractivity contribution >= 4 is 33.7 Å². The molecule has 0 heterocycles. The second kappa shape index (κ2) is 9.69. The lowest BCUT2D eigenvalue weighted by molar-refractivity contribution is -0.123. The molecule has 0 radical (unpaired) electrons. The van der Waals surface area contributed by atoms with Gasteiger partial charge in [-0.1, -0.05) is 52.3 Å². The summed E-state index contributed by atoms with van der Waals surface area (Å²) in [6.45, 7) is 0.479. The van der Waals surface area contributed by atoms with E-state index in [1.807, 2.05) is 78.9 Å². The van der Waals surface area contributed by atoms with Gasteiger partial charge in [-0.3, -0.25) is 9.79 Å². The monoisotopic (exact) mass is 422 g/mol. The Morgan fingerprint density at radius 1 is 1.00 bits per heavy atom. The SMILES string of the molecule is O=C(COc1ccc(C=Nc2cccc(Br)c2)cc1)NCc1ccccc1. The average molecular weight is 423 g/mol. The van der Waals surface area contributed by atoms with Crippen molar-refractivity contribution in [3.63, 3.8) is 0 Å². The van der Waals surface area contributed by atoms with Crippen molar-refractivity contribution in [2.45, 2.75) is 6.54 Å². The minimum atomic E-state index is -0.154. The fourth-order valence-electron chi connectivity index (χ4n) is 2.35. The van der Waals surface area contributed by atoms with Crippen molar-refractivity contribution in [2.75, 3.05) is 6.61 Å². The smallest absolute Gasteiger partial charge is 0.258 e. The number of benzene rings is 3. The molecule has 0 aliphatic carbocycles. The summed E-state index contributed by atoms with van der Waals surface area (Å²) in [6, 6.07) is 25.0. The van der Waals surface area contributed by atoms with E-state index in [-0.39, 0.29) is 12.5 Å². The highest BCUT2D eigenvalue weighted by Crippen LogP contribution is 2.18. The Bertz CT molecular complexity index is 909. The van der Waals surface area contributed by atoms with E-state index in [1.165, 1.54) is 0 Å². The number of carbonyl (C=O) groups excluding carboxylic acids is 1. The molecule has 3 aromatic carbocycles. The highest BCUT2D eigenvalue weighted by atomic mass is 79.9. The van der Waals surface area contributed by atoms with Crippen LogP contribution in [0.25, 0.3) is 0 Å². The van der Waals surface area contributed by atoms with E-state index in [0.29, 0.717) is 12.3 Å². The number of hydrogen-bond donors (Lipinski definition) is 1.